The summed E-state index contributed by atoms with van der Waals surface area (Å²) in [5, 5.41) is 2.59. The third kappa shape index (κ3) is 4.23. The van der Waals surface area contributed by atoms with Crippen molar-refractivity contribution in [3.05, 3.63) is 138 Å². The molecule has 0 amide bonds. The quantitative estimate of drug-likeness (QED) is 0.234. The summed E-state index contributed by atoms with van der Waals surface area (Å²) in [5.41, 5.74) is 14.7. The molecule has 0 radical (unpaired) electrons. The molecule has 7 rings (SSSR count). The lowest BCUT2D eigenvalue weighted by atomic mass is 9.80. The summed E-state index contributed by atoms with van der Waals surface area (Å²) in [4.78, 5) is 9.03. The number of aromatic nitrogens is 2. The lowest BCUT2D eigenvalue weighted by Gasteiger charge is -2.24. The molecule has 6 aromatic rings. The van der Waals surface area contributed by atoms with Crippen molar-refractivity contribution in [2.45, 2.75) is 26.7 Å². The highest BCUT2D eigenvalue weighted by molar-refractivity contribution is 6.10. The zero-order valence-corrected chi connectivity index (χ0v) is 22.9. The summed E-state index contributed by atoms with van der Waals surface area (Å²) in [7, 11) is 0. The van der Waals surface area contributed by atoms with E-state index in [1.807, 2.05) is 25.4 Å². The Morgan fingerprint density at radius 1 is 0.600 bits per heavy atom. The minimum absolute atomic E-state index is 1.03. The van der Waals surface area contributed by atoms with Crippen molar-refractivity contribution in [2.75, 3.05) is 0 Å². The van der Waals surface area contributed by atoms with Gasteiger partial charge in [-0.2, -0.15) is 0 Å². The topological polar surface area (TPSA) is 25.8 Å². The molecule has 2 nitrogen and oxygen atoms in total. The first-order valence-corrected chi connectivity index (χ1v) is 14.0. The lowest BCUT2D eigenvalue weighted by Crippen LogP contribution is -2.02. The Bertz CT molecular complexity index is 1890. The second kappa shape index (κ2) is 10.1. The molecule has 40 heavy (non-hydrogen) atoms. The molecular formula is C38H30N2. The van der Waals surface area contributed by atoms with Crippen LogP contribution in [0.2, 0.25) is 0 Å². The summed E-state index contributed by atoms with van der Waals surface area (Å²) in [5.74, 6) is 0. The third-order valence-electron chi connectivity index (χ3n) is 8.09. The van der Waals surface area contributed by atoms with Crippen LogP contribution in [0.1, 0.15) is 28.9 Å². The first kappa shape index (κ1) is 24.2. The molecule has 1 aliphatic rings. The highest BCUT2D eigenvalue weighted by Crippen LogP contribution is 2.45. The number of fused-ring (bicyclic) bond motifs is 2. The first-order chi connectivity index (χ1) is 19.7. The molecule has 192 valence electrons. The van der Waals surface area contributed by atoms with Gasteiger partial charge >= 0.3 is 0 Å². The Balaban J connectivity index is 1.43. The van der Waals surface area contributed by atoms with E-state index in [9.17, 15) is 0 Å². The Kier molecular flexibility index (Phi) is 6.09. The maximum Gasteiger partial charge on any atom is 0.0450 e. The maximum absolute atomic E-state index is 4.54. The fourth-order valence-electron chi connectivity index (χ4n) is 6.13. The molecule has 0 fully saturated rings. The largest absolute Gasteiger partial charge is 0.261 e. The van der Waals surface area contributed by atoms with E-state index in [-0.39, 0.29) is 0 Å². The molecule has 0 saturated carbocycles. The van der Waals surface area contributed by atoms with Crippen LogP contribution < -0.4 is 0 Å². The Morgan fingerprint density at radius 3 is 2.12 bits per heavy atom. The van der Waals surface area contributed by atoms with Crippen LogP contribution in [0.3, 0.4) is 0 Å². The van der Waals surface area contributed by atoms with E-state index in [1.165, 1.54) is 60.8 Å². The van der Waals surface area contributed by atoms with Crippen molar-refractivity contribution in [1.29, 1.82) is 0 Å². The lowest BCUT2D eigenvalue weighted by molar-refractivity contribution is 0.991. The van der Waals surface area contributed by atoms with Crippen molar-refractivity contribution in [3.8, 4) is 44.5 Å². The number of benzene rings is 4. The number of hydrogen-bond donors (Lipinski definition) is 0. The van der Waals surface area contributed by atoms with Crippen molar-refractivity contribution < 1.29 is 0 Å². The predicted molar refractivity (Wildman–Crippen MR) is 168 cm³/mol. The second-order valence-electron chi connectivity index (χ2n) is 10.6. The highest BCUT2D eigenvalue weighted by atomic mass is 14.7. The summed E-state index contributed by atoms with van der Waals surface area (Å²) >= 11 is 0. The van der Waals surface area contributed by atoms with Gasteiger partial charge in [0.15, 0.2) is 0 Å². The monoisotopic (exact) mass is 514 g/mol. The van der Waals surface area contributed by atoms with Crippen LogP contribution >= 0.6 is 0 Å². The number of nitrogens with zero attached hydrogens (tertiary/aromatic N) is 2. The number of hydrogen-bond acceptors (Lipinski definition) is 2. The van der Waals surface area contributed by atoms with E-state index < -0.39 is 0 Å². The molecule has 1 aliphatic carbocycles. The van der Waals surface area contributed by atoms with Crippen LogP contribution in [0.15, 0.2) is 116 Å². The summed E-state index contributed by atoms with van der Waals surface area (Å²) in [6.07, 6.45) is 10.6. The van der Waals surface area contributed by atoms with Gasteiger partial charge in [-0.1, -0.05) is 91.0 Å². The molecule has 4 aromatic carbocycles. The number of allylic oxidation sites excluding steroid dienone is 1. The van der Waals surface area contributed by atoms with E-state index in [2.05, 4.69) is 120 Å². The smallest absolute Gasteiger partial charge is 0.0450 e. The maximum atomic E-state index is 4.54. The third-order valence-corrected chi connectivity index (χ3v) is 8.09. The van der Waals surface area contributed by atoms with Gasteiger partial charge in [0.2, 0.25) is 0 Å². The van der Waals surface area contributed by atoms with Gasteiger partial charge in [-0.15, -0.1) is 0 Å². The summed E-state index contributed by atoms with van der Waals surface area (Å²) in [6, 6.07) is 35.3. The van der Waals surface area contributed by atoms with E-state index in [0.29, 0.717) is 0 Å². The van der Waals surface area contributed by atoms with Crippen LogP contribution in [0.25, 0.3) is 61.4 Å². The molecule has 0 N–H and O–H groups in total. The Hall–Kier alpha value is -4.82. The molecule has 2 heterocycles. The average molecular weight is 515 g/mol. The molecule has 0 spiro atoms. The molecule has 0 atom stereocenters. The average Bonchev–Trinajstić information content (AvgIpc) is 3.00. The second-order valence-corrected chi connectivity index (χ2v) is 10.6. The predicted octanol–water partition coefficient (Wildman–Crippen LogP) is 9.87. The minimum Gasteiger partial charge on any atom is -0.261 e. The van der Waals surface area contributed by atoms with Crippen LogP contribution in [0.4, 0.5) is 0 Å². The minimum atomic E-state index is 1.03. The van der Waals surface area contributed by atoms with Gasteiger partial charge in [0.05, 0.1) is 0 Å². The fraction of sp³-hybridized carbons (Fsp3) is 0.105. The van der Waals surface area contributed by atoms with E-state index in [4.69, 9.17) is 0 Å². The number of rotatable bonds is 4. The molecule has 0 saturated heterocycles. The van der Waals surface area contributed by atoms with Crippen molar-refractivity contribution in [2.24, 2.45) is 0 Å². The van der Waals surface area contributed by atoms with E-state index >= 15 is 0 Å². The standard InChI is InChI=1S/C38H30N2/c1-25-16-17-31(24-40-25)27-18-20-28(21-19-27)37-33-11-3-5-13-35(33)38(36-14-6-4-12-34(36)37)30-10-7-9-29(23-30)32-15-8-22-39-26(32)2/h3-5,7-13,15-24H,6,14H2,1-2H3. The number of aryl methyl sites for hydroxylation is 2. The van der Waals surface area contributed by atoms with Crippen LogP contribution in [0, 0.1) is 13.8 Å². The zero-order valence-electron chi connectivity index (χ0n) is 22.9. The van der Waals surface area contributed by atoms with Crippen LogP contribution in [0.5, 0.6) is 0 Å². The van der Waals surface area contributed by atoms with Gasteiger partial charge in [-0.05, 0) is 100 Å². The Labute approximate surface area is 235 Å². The molecule has 2 heteroatoms. The highest BCUT2D eigenvalue weighted by Gasteiger charge is 2.22. The van der Waals surface area contributed by atoms with Crippen LogP contribution in [-0.2, 0) is 6.42 Å². The Morgan fingerprint density at radius 2 is 1.35 bits per heavy atom. The zero-order chi connectivity index (χ0) is 27.1. The van der Waals surface area contributed by atoms with E-state index in [0.717, 1.165) is 29.8 Å². The van der Waals surface area contributed by atoms with Crippen molar-refractivity contribution in [1.82, 2.24) is 9.97 Å². The molecule has 0 aliphatic heterocycles. The van der Waals surface area contributed by atoms with Gasteiger partial charge in [0.25, 0.3) is 0 Å². The summed E-state index contributed by atoms with van der Waals surface area (Å²) in [6.45, 7) is 4.11. The van der Waals surface area contributed by atoms with Crippen molar-refractivity contribution in [3.63, 3.8) is 0 Å². The fourth-order valence-corrected chi connectivity index (χ4v) is 6.13. The molecule has 2 aromatic heterocycles. The summed E-state index contributed by atoms with van der Waals surface area (Å²) < 4.78 is 0. The van der Waals surface area contributed by atoms with Gasteiger partial charge in [-0.25, -0.2) is 0 Å². The molecule has 0 unspecified atom stereocenters. The number of pyridine rings is 2. The van der Waals surface area contributed by atoms with Crippen LogP contribution in [-0.4, -0.2) is 9.97 Å². The molecular weight excluding hydrogens is 484 g/mol. The van der Waals surface area contributed by atoms with E-state index in [1.54, 1.807) is 0 Å². The molecule has 0 bridgehead atoms. The van der Waals surface area contributed by atoms with Crippen molar-refractivity contribution >= 4 is 16.8 Å². The normalized spacial score (nSPS) is 12.4. The van der Waals surface area contributed by atoms with Gasteiger partial charge in [0.1, 0.15) is 0 Å². The van der Waals surface area contributed by atoms with Gasteiger partial charge < -0.3 is 0 Å². The van der Waals surface area contributed by atoms with Gasteiger partial charge in [0, 0.05) is 34.9 Å². The van der Waals surface area contributed by atoms with Gasteiger partial charge in [-0.3, -0.25) is 9.97 Å². The first-order valence-electron chi connectivity index (χ1n) is 14.0. The SMILES string of the molecule is Cc1ccc(-c2ccc(-c3c4c(c(-c5cccc(-c6cccnc6C)c5)c5ccccc35)CCC=C4)cc2)cn1.